The second kappa shape index (κ2) is 5.63. The van der Waals surface area contributed by atoms with Crippen LogP contribution in [0.3, 0.4) is 0 Å². The Balaban J connectivity index is 2.02. The Labute approximate surface area is 79.3 Å². The molecule has 12 heavy (non-hydrogen) atoms. The highest BCUT2D eigenvalue weighted by molar-refractivity contribution is 8.00. The first kappa shape index (κ1) is 10.1. The van der Waals surface area contributed by atoms with Gasteiger partial charge >= 0.3 is 0 Å². The van der Waals surface area contributed by atoms with Crippen LogP contribution in [0.2, 0.25) is 0 Å². The van der Waals surface area contributed by atoms with Gasteiger partial charge in [0, 0.05) is 11.7 Å². The third-order valence-corrected chi connectivity index (χ3v) is 3.55. The third-order valence-electron chi connectivity index (χ3n) is 2.42. The van der Waals surface area contributed by atoms with Crippen LogP contribution < -0.4 is 0 Å². The summed E-state index contributed by atoms with van der Waals surface area (Å²) < 4.78 is 0. The van der Waals surface area contributed by atoms with Crippen molar-refractivity contribution < 1.29 is 4.79 Å². The molecule has 1 atom stereocenters. The first-order valence-corrected chi connectivity index (χ1v) is 6.10. The highest BCUT2D eigenvalue weighted by atomic mass is 32.2. The quantitative estimate of drug-likeness (QED) is 0.614. The van der Waals surface area contributed by atoms with E-state index in [-0.39, 0.29) is 0 Å². The lowest BCUT2D eigenvalue weighted by molar-refractivity contribution is -0.119. The van der Waals surface area contributed by atoms with Gasteiger partial charge in [0.15, 0.2) is 0 Å². The van der Waals surface area contributed by atoms with Crippen molar-refractivity contribution in [2.45, 2.75) is 39.0 Å². The zero-order valence-electron chi connectivity index (χ0n) is 7.84. The van der Waals surface area contributed by atoms with Crippen LogP contribution in [0.5, 0.6) is 0 Å². The number of thioether (sulfide) groups is 1. The van der Waals surface area contributed by atoms with E-state index in [1.165, 1.54) is 25.7 Å². The molecule has 1 nitrogen and oxygen atoms in total. The van der Waals surface area contributed by atoms with Gasteiger partial charge in [-0.3, -0.25) is 4.79 Å². The summed E-state index contributed by atoms with van der Waals surface area (Å²) in [5.74, 6) is 2.77. The third kappa shape index (κ3) is 3.18. The number of carbonyl (C=O) groups excluding carboxylic acids is 1. The molecule has 1 rings (SSSR count). The van der Waals surface area contributed by atoms with Gasteiger partial charge in [0.2, 0.25) is 0 Å². The fourth-order valence-corrected chi connectivity index (χ4v) is 2.77. The van der Waals surface area contributed by atoms with Crippen LogP contribution in [0.25, 0.3) is 0 Å². The molecule has 0 aromatic heterocycles. The minimum Gasteiger partial charge on any atom is -0.298 e. The molecule has 1 fully saturated rings. The van der Waals surface area contributed by atoms with E-state index in [4.69, 9.17) is 0 Å². The van der Waals surface area contributed by atoms with Crippen LogP contribution in [-0.4, -0.2) is 17.3 Å². The molecule has 1 aliphatic rings. The van der Waals surface area contributed by atoms with E-state index >= 15 is 0 Å². The molecular weight excluding hydrogens is 168 g/mol. The first-order valence-electron chi connectivity index (χ1n) is 4.95. The molecule has 0 amide bonds. The summed E-state index contributed by atoms with van der Waals surface area (Å²) >= 11 is 1.80. The van der Waals surface area contributed by atoms with Gasteiger partial charge in [-0.1, -0.05) is 32.6 Å². The summed E-state index contributed by atoms with van der Waals surface area (Å²) in [7, 11) is 0. The van der Waals surface area contributed by atoms with Crippen molar-refractivity contribution in [3.63, 3.8) is 0 Å². The van der Waals surface area contributed by atoms with E-state index in [9.17, 15) is 4.79 Å². The maximum absolute atomic E-state index is 11.2. The molecule has 0 spiro atoms. The number of carbonyl (C=O) groups is 1. The maximum atomic E-state index is 11.2. The molecule has 0 bridgehead atoms. The summed E-state index contributed by atoms with van der Waals surface area (Å²) in [6.07, 6.45) is 6.32. The number of rotatable bonds is 5. The van der Waals surface area contributed by atoms with E-state index in [1.54, 1.807) is 11.8 Å². The van der Waals surface area contributed by atoms with E-state index < -0.39 is 0 Å². The molecule has 1 heterocycles. The van der Waals surface area contributed by atoms with Crippen LogP contribution in [0, 0.1) is 5.92 Å². The standard InChI is InChI=1S/C10H18OS/c1-2-3-4-5-6-9-7-12-8-10(9)11/h9H,2-8H2,1H3. The van der Waals surface area contributed by atoms with Gasteiger partial charge in [0.25, 0.3) is 0 Å². The topological polar surface area (TPSA) is 17.1 Å². The smallest absolute Gasteiger partial charge is 0.146 e. The van der Waals surface area contributed by atoms with Crippen molar-refractivity contribution in [2.24, 2.45) is 5.92 Å². The van der Waals surface area contributed by atoms with Crippen molar-refractivity contribution in [3.05, 3.63) is 0 Å². The Bertz CT molecular complexity index is 145. The molecule has 70 valence electrons. The van der Waals surface area contributed by atoms with Crippen LogP contribution in [0.15, 0.2) is 0 Å². The lowest BCUT2D eigenvalue weighted by atomic mass is 9.99. The maximum Gasteiger partial charge on any atom is 0.146 e. The molecule has 0 N–H and O–H groups in total. The van der Waals surface area contributed by atoms with Crippen LogP contribution in [-0.2, 0) is 4.79 Å². The van der Waals surface area contributed by atoms with Crippen molar-refractivity contribution >= 4 is 17.5 Å². The molecule has 1 unspecified atom stereocenters. The van der Waals surface area contributed by atoms with Crippen molar-refractivity contribution in [2.75, 3.05) is 11.5 Å². The Morgan fingerprint density at radius 1 is 1.42 bits per heavy atom. The lowest BCUT2D eigenvalue weighted by Gasteiger charge is -2.05. The molecular formula is C10H18OS. The van der Waals surface area contributed by atoms with Gasteiger partial charge in [-0.15, -0.1) is 0 Å². The van der Waals surface area contributed by atoms with Crippen LogP contribution in [0.4, 0.5) is 0 Å². The number of Topliss-reactive ketones (excluding diaryl/α,β-unsaturated/α-hetero) is 1. The van der Waals surface area contributed by atoms with Crippen LogP contribution in [0.1, 0.15) is 39.0 Å². The molecule has 0 saturated carbocycles. The zero-order valence-corrected chi connectivity index (χ0v) is 8.66. The summed E-state index contributed by atoms with van der Waals surface area (Å²) in [6, 6.07) is 0. The molecule has 0 aromatic carbocycles. The Morgan fingerprint density at radius 2 is 2.25 bits per heavy atom. The molecule has 1 saturated heterocycles. The molecule has 2 heteroatoms. The van der Waals surface area contributed by atoms with Gasteiger partial charge in [-0.25, -0.2) is 0 Å². The molecule has 0 radical (unpaired) electrons. The average molecular weight is 186 g/mol. The van der Waals surface area contributed by atoms with Crippen molar-refractivity contribution in [1.29, 1.82) is 0 Å². The van der Waals surface area contributed by atoms with Crippen molar-refractivity contribution in [3.8, 4) is 0 Å². The van der Waals surface area contributed by atoms with E-state index in [0.29, 0.717) is 11.7 Å². The highest BCUT2D eigenvalue weighted by Gasteiger charge is 2.23. The second-order valence-electron chi connectivity index (χ2n) is 3.53. The van der Waals surface area contributed by atoms with E-state index in [0.717, 1.165) is 17.9 Å². The first-order chi connectivity index (χ1) is 5.84. The average Bonchev–Trinajstić information content (AvgIpc) is 2.46. The fourth-order valence-electron chi connectivity index (χ4n) is 1.57. The van der Waals surface area contributed by atoms with Gasteiger partial charge in [0.1, 0.15) is 5.78 Å². The predicted octanol–water partition coefficient (Wildman–Crippen LogP) is 2.89. The van der Waals surface area contributed by atoms with Gasteiger partial charge in [-0.2, -0.15) is 11.8 Å². The summed E-state index contributed by atoms with van der Waals surface area (Å²) in [4.78, 5) is 11.2. The second-order valence-corrected chi connectivity index (χ2v) is 4.56. The number of unbranched alkanes of at least 4 members (excludes halogenated alkanes) is 3. The van der Waals surface area contributed by atoms with Gasteiger partial charge < -0.3 is 0 Å². The number of hydrogen-bond donors (Lipinski definition) is 0. The monoisotopic (exact) mass is 186 g/mol. The molecule has 0 aromatic rings. The van der Waals surface area contributed by atoms with Gasteiger partial charge in [-0.05, 0) is 6.42 Å². The number of hydrogen-bond acceptors (Lipinski definition) is 2. The largest absolute Gasteiger partial charge is 0.298 e. The number of ketones is 1. The normalized spacial score (nSPS) is 23.4. The van der Waals surface area contributed by atoms with E-state index in [1.807, 2.05) is 0 Å². The fraction of sp³-hybridized carbons (Fsp3) is 0.900. The lowest BCUT2D eigenvalue weighted by Crippen LogP contribution is -2.10. The van der Waals surface area contributed by atoms with E-state index in [2.05, 4.69) is 6.92 Å². The zero-order chi connectivity index (χ0) is 8.81. The minimum absolute atomic E-state index is 0.409. The van der Waals surface area contributed by atoms with Crippen LogP contribution >= 0.6 is 11.8 Å². The Kier molecular flexibility index (Phi) is 4.74. The Hall–Kier alpha value is 0.0200. The Morgan fingerprint density at radius 3 is 2.83 bits per heavy atom. The molecule has 1 aliphatic heterocycles. The SMILES string of the molecule is CCCCCCC1CSCC1=O. The molecule has 0 aliphatic carbocycles. The highest BCUT2D eigenvalue weighted by Crippen LogP contribution is 2.24. The summed E-state index contributed by atoms with van der Waals surface area (Å²) in [5.41, 5.74) is 0. The summed E-state index contributed by atoms with van der Waals surface area (Å²) in [6.45, 7) is 2.22. The van der Waals surface area contributed by atoms with Gasteiger partial charge in [0.05, 0.1) is 5.75 Å². The van der Waals surface area contributed by atoms with Crippen molar-refractivity contribution in [1.82, 2.24) is 0 Å². The minimum atomic E-state index is 0.409. The summed E-state index contributed by atoms with van der Waals surface area (Å²) in [5, 5.41) is 0. The predicted molar refractivity (Wildman–Crippen MR) is 54.6 cm³/mol.